The van der Waals surface area contributed by atoms with Crippen LogP contribution in [0.5, 0.6) is 0 Å². The molecule has 0 radical (unpaired) electrons. The molecule has 2 nitrogen and oxygen atoms in total. The van der Waals surface area contributed by atoms with Crippen LogP contribution < -0.4 is 0 Å². The molecule has 0 saturated carbocycles. The third kappa shape index (κ3) is 2.88. The summed E-state index contributed by atoms with van der Waals surface area (Å²) in [5, 5.41) is 9.79. The summed E-state index contributed by atoms with van der Waals surface area (Å²) in [6, 6.07) is 13.9. The Hall–Kier alpha value is -1.34. The Bertz CT molecular complexity index is 709. The average molecular weight is 369 g/mol. The van der Waals surface area contributed by atoms with E-state index in [4.69, 9.17) is 23.2 Å². The van der Waals surface area contributed by atoms with E-state index < -0.39 is 5.92 Å². The van der Waals surface area contributed by atoms with Crippen LogP contribution >= 0.6 is 39.1 Å². The lowest BCUT2D eigenvalue weighted by Crippen LogP contribution is -2.12. The second-order valence-corrected chi connectivity index (χ2v) is 5.69. The van der Waals surface area contributed by atoms with Gasteiger partial charge in [0.15, 0.2) is 5.78 Å². The number of hydrogen-bond acceptors (Lipinski definition) is 2. The molecule has 2 aromatic carbocycles. The maximum Gasteiger partial charge on any atom is 0.186 e. The van der Waals surface area contributed by atoms with Crippen molar-refractivity contribution in [3.05, 3.63) is 68.1 Å². The summed E-state index contributed by atoms with van der Waals surface area (Å²) < 4.78 is 0.707. The van der Waals surface area contributed by atoms with Gasteiger partial charge in [0, 0.05) is 10.0 Å². The monoisotopic (exact) mass is 367 g/mol. The summed E-state index contributed by atoms with van der Waals surface area (Å²) in [7, 11) is 0. The van der Waals surface area contributed by atoms with Gasteiger partial charge in [-0.1, -0.05) is 63.4 Å². The highest BCUT2D eigenvalue weighted by Crippen LogP contribution is 2.32. The molecule has 1 unspecified atom stereocenters. The molecule has 0 spiro atoms. The Balaban J connectivity index is 2.49. The van der Waals surface area contributed by atoms with Crippen LogP contribution in [0.15, 0.2) is 46.9 Å². The lowest BCUT2D eigenvalue weighted by Gasteiger charge is -2.12. The molecule has 0 amide bonds. The molecule has 2 aromatic rings. The second kappa shape index (κ2) is 6.41. The summed E-state index contributed by atoms with van der Waals surface area (Å²) >= 11 is 15.3. The van der Waals surface area contributed by atoms with Crippen molar-refractivity contribution in [3.63, 3.8) is 0 Å². The van der Waals surface area contributed by atoms with Crippen LogP contribution in [0.1, 0.15) is 21.8 Å². The molecule has 100 valence electrons. The first kappa shape index (κ1) is 15.1. The zero-order chi connectivity index (χ0) is 14.7. The normalized spacial score (nSPS) is 11.7. The number of carbonyl (C=O) groups is 1. The van der Waals surface area contributed by atoms with Crippen molar-refractivity contribution in [2.45, 2.75) is 5.92 Å². The van der Waals surface area contributed by atoms with E-state index in [2.05, 4.69) is 15.9 Å². The number of benzene rings is 2. The number of rotatable bonds is 3. The molecule has 0 fully saturated rings. The van der Waals surface area contributed by atoms with Crippen molar-refractivity contribution in [3.8, 4) is 6.07 Å². The van der Waals surface area contributed by atoms with E-state index in [-0.39, 0.29) is 16.4 Å². The first-order valence-electron chi connectivity index (χ1n) is 5.68. The molecule has 0 saturated heterocycles. The van der Waals surface area contributed by atoms with Crippen molar-refractivity contribution in [1.29, 1.82) is 5.26 Å². The van der Waals surface area contributed by atoms with E-state index in [1.54, 1.807) is 36.4 Å². The van der Waals surface area contributed by atoms with Crippen LogP contribution in [-0.2, 0) is 0 Å². The molecule has 0 bridgehead atoms. The van der Waals surface area contributed by atoms with Crippen molar-refractivity contribution < 1.29 is 4.79 Å². The largest absolute Gasteiger partial charge is 0.292 e. The molecular weight excluding hydrogens is 361 g/mol. The van der Waals surface area contributed by atoms with E-state index in [1.807, 2.05) is 12.1 Å². The van der Waals surface area contributed by atoms with Gasteiger partial charge in [-0.15, -0.1) is 0 Å². The van der Waals surface area contributed by atoms with E-state index in [0.717, 1.165) is 0 Å². The molecule has 0 N–H and O–H groups in total. The van der Waals surface area contributed by atoms with Gasteiger partial charge in [0.2, 0.25) is 0 Å². The van der Waals surface area contributed by atoms with Gasteiger partial charge in [0.25, 0.3) is 0 Å². The molecular formula is C15H8BrCl2NO. The zero-order valence-corrected chi connectivity index (χ0v) is 13.2. The molecule has 5 heteroatoms. The van der Waals surface area contributed by atoms with Crippen molar-refractivity contribution in [2.75, 3.05) is 0 Å². The molecule has 0 aliphatic carbocycles. The number of nitrogens with zero attached hydrogens (tertiary/aromatic N) is 1. The van der Waals surface area contributed by atoms with Gasteiger partial charge < -0.3 is 0 Å². The van der Waals surface area contributed by atoms with Gasteiger partial charge in [-0.05, 0) is 23.8 Å². The maximum atomic E-state index is 12.5. The summed E-state index contributed by atoms with van der Waals surface area (Å²) in [6.07, 6.45) is 0. The Morgan fingerprint density at radius 1 is 1.15 bits per heavy atom. The van der Waals surface area contributed by atoms with Crippen molar-refractivity contribution in [1.82, 2.24) is 0 Å². The molecule has 0 heterocycles. The van der Waals surface area contributed by atoms with Crippen LogP contribution in [0.25, 0.3) is 0 Å². The van der Waals surface area contributed by atoms with Crippen molar-refractivity contribution in [2.24, 2.45) is 0 Å². The topological polar surface area (TPSA) is 40.9 Å². The summed E-state index contributed by atoms with van der Waals surface area (Å²) in [4.78, 5) is 12.5. The van der Waals surface area contributed by atoms with Crippen molar-refractivity contribution >= 4 is 44.9 Å². The minimum atomic E-state index is -0.929. The van der Waals surface area contributed by atoms with Crippen LogP contribution in [0, 0.1) is 11.3 Å². The minimum absolute atomic E-state index is 0.173. The third-order valence-corrected chi connectivity index (χ3v) is 4.37. The molecule has 0 aromatic heterocycles. The second-order valence-electron chi connectivity index (χ2n) is 4.05. The Morgan fingerprint density at radius 3 is 2.50 bits per heavy atom. The maximum absolute atomic E-state index is 12.5. The summed E-state index contributed by atoms with van der Waals surface area (Å²) in [5.74, 6) is -1.30. The highest BCUT2D eigenvalue weighted by Gasteiger charge is 2.25. The van der Waals surface area contributed by atoms with E-state index in [1.165, 1.54) is 0 Å². The van der Waals surface area contributed by atoms with Crippen LogP contribution in [-0.4, -0.2) is 5.78 Å². The Kier molecular flexibility index (Phi) is 4.82. The summed E-state index contributed by atoms with van der Waals surface area (Å²) in [5.41, 5.74) is 0.859. The number of nitriles is 1. The molecule has 20 heavy (non-hydrogen) atoms. The predicted molar refractivity (Wildman–Crippen MR) is 83.3 cm³/mol. The third-order valence-electron chi connectivity index (χ3n) is 2.82. The van der Waals surface area contributed by atoms with Gasteiger partial charge in [0.1, 0.15) is 5.92 Å². The molecule has 1 atom stereocenters. The highest BCUT2D eigenvalue weighted by molar-refractivity contribution is 9.10. The number of hydrogen-bond donors (Lipinski definition) is 0. The van der Waals surface area contributed by atoms with Crippen LogP contribution in [0.4, 0.5) is 0 Å². The quantitative estimate of drug-likeness (QED) is 0.694. The van der Waals surface area contributed by atoms with Gasteiger partial charge in [-0.3, -0.25) is 4.79 Å². The minimum Gasteiger partial charge on any atom is -0.292 e. The van der Waals surface area contributed by atoms with Gasteiger partial charge in [0.05, 0.1) is 16.1 Å². The fourth-order valence-corrected chi connectivity index (χ4v) is 2.74. The lowest BCUT2D eigenvalue weighted by atomic mass is 9.92. The lowest BCUT2D eigenvalue weighted by molar-refractivity contribution is 0.0979. The number of halogens is 3. The molecule has 2 rings (SSSR count). The van der Waals surface area contributed by atoms with Gasteiger partial charge in [-0.25, -0.2) is 0 Å². The smallest absolute Gasteiger partial charge is 0.186 e. The molecule has 0 aliphatic heterocycles. The van der Waals surface area contributed by atoms with E-state index in [9.17, 15) is 10.1 Å². The standard InChI is InChI=1S/C15H8BrCl2NO/c16-12-6-2-1-4-9(12)11(8-19)15(20)10-5-3-7-13(17)14(10)18/h1-7,11H. The zero-order valence-electron chi connectivity index (χ0n) is 10.1. The SMILES string of the molecule is N#CC(C(=O)c1cccc(Cl)c1Cl)c1ccccc1Br. The first-order chi connectivity index (χ1) is 9.56. The summed E-state index contributed by atoms with van der Waals surface area (Å²) in [6.45, 7) is 0. The number of Topliss-reactive ketones (excluding diaryl/α,β-unsaturated/α-hetero) is 1. The highest BCUT2D eigenvalue weighted by atomic mass is 79.9. The first-order valence-corrected chi connectivity index (χ1v) is 7.23. The van der Waals surface area contributed by atoms with E-state index >= 15 is 0 Å². The fourth-order valence-electron chi connectivity index (χ4n) is 1.83. The fraction of sp³-hybridized carbons (Fsp3) is 0.0667. The Morgan fingerprint density at radius 2 is 1.85 bits per heavy atom. The van der Waals surface area contributed by atoms with Crippen LogP contribution in [0.3, 0.4) is 0 Å². The van der Waals surface area contributed by atoms with Gasteiger partial charge >= 0.3 is 0 Å². The molecule has 0 aliphatic rings. The average Bonchev–Trinajstić information content (AvgIpc) is 2.44. The predicted octanol–water partition coefficient (Wildman–Crippen LogP) is 5.25. The number of carbonyl (C=O) groups excluding carboxylic acids is 1. The number of ketones is 1. The van der Waals surface area contributed by atoms with E-state index in [0.29, 0.717) is 15.1 Å². The van der Waals surface area contributed by atoms with Gasteiger partial charge in [-0.2, -0.15) is 5.26 Å². The Labute approximate surface area is 135 Å². The van der Waals surface area contributed by atoms with Crippen LogP contribution in [0.2, 0.25) is 10.0 Å².